The maximum Gasteiger partial charge on any atom is 0.175 e. The van der Waals surface area contributed by atoms with Gasteiger partial charge < -0.3 is 24.5 Å². The molecular weight excluding hydrogens is 435 g/mol. The number of halogens is 1. The molecule has 1 atom stereocenters. The van der Waals surface area contributed by atoms with E-state index in [0.717, 1.165) is 29.9 Å². The van der Waals surface area contributed by atoms with Crippen molar-refractivity contribution in [2.24, 2.45) is 0 Å². The van der Waals surface area contributed by atoms with E-state index in [9.17, 15) is 5.11 Å². The molecule has 0 saturated carbocycles. The molecule has 0 amide bonds. The van der Waals surface area contributed by atoms with E-state index in [1.54, 1.807) is 24.3 Å². The van der Waals surface area contributed by atoms with Crippen molar-refractivity contribution in [2.45, 2.75) is 39.2 Å². The van der Waals surface area contributed by atoms with Gasteiger partial charge in [0, 0.05) is 34.6 Å². The molecule has 1 aliphatic heterocycles. The molecule has 178 valence electrons. The number of hydrogen-bond acceptors (Lipinski definition) is 6. The maximum atomic E-state index is 15.0. The predicted molar refractivity (Wildman–Crippen MR) is 129 cm³/mol. The smallest absolute Gasteiger partial charge is 0.175 e. The zero-order valence-electron chi connectivity index (χ0n) is 19.5. The molecule has 0 radical (unpaired) electrons. The number of fused-ring (bicyclic) bond motifs is 2. The number of nitrogens with zero attached hydrogens (tertiary/aromatic N) is 3. The van der Waals surface area contributed by atoms with Crippen LogP contribution < -0.4 is 9.47 Å². The number of hydrogen-bond donors (Lipinski definition) is 2. The molecule has 0 bridgehead atoms. The van der Waals surface area contributed by atoms with Crippen molar-refractivity contribution in [2.75, 3.05) is 26.2 Å². The highest BCUT2D eigenvalue weighted by molar-refractivity contribution is 5.87. The van der Waals surface area contributed by atoms with Crippen molar-refractivity contribution in [3.8, 4) is 17.2 Å². The fourth-order valence-corrected chi connectivity index (χ4v) is 4.57. The monoisotopic (exact) mass is 464 g/mol. The van der Waals surface area contributed by atoms with Gasteiger partial charge in [-0.2, -0.15) is 10.2 Å². The Morgan fingerprint density at radius 3 is 2.71 bits per heavy atom. The summed E-state index contributed by atoms with van der Waals surface area (Å²) in [5.41, 5.74) is 3.04. The van der Waals surface area contributed by atoms with E-state index >= 15 is 4.39 Å². The van der Waals surface area contributed by atoms with Crippen LogP contribution in [0.4, 0.5) is 4.39 Å². The predicted octanol–water partition coefficient (Wildman–Crippen LogP) is 4.88. The van der Waals surface area contributed by atoms with Crippen LogP contribution in [-0.4, -0.2) is 57.5 Å². The summed E-state index contributed by atoms with van der Waals surface area (Å²) in [5, 5.41) is 19.9. The Hall–Kier alpha value is -3.23. The third-order valence-corrected chi connectivity index (χ3v) is 6.30. The van der Waals surface area contributed by atoms with Crippen molar-refractivity contribution >= 4 is 21.8 Å². The Bertz CT molecular complexity index is 1320. The largest absolute Gasteiger partial charge is 0.490 e. The second-order valence-corrected chi connectivity index (χ2v) is 9.06. The van der Waals surface area contributed by atoms with E-state index in [4.69, 9.17) is 9.47 Å². The molecule has 0 aliphatic carbocycles. The van der Waals surface area contributed by atoms with Gasteiger partial charge >= 0.3 is 0 Å². The second-order valence-electron chi connectivity index (χ2n) is 9.06. The van der Waals surface area contributed by atoms with Crippen LogP contribution in [-0.2, 0) is 0 Å². The van der Waals surface area contributed by atoms with Gasteiger partial charge in [0.25, 0.3) is 0 Å². The first kappa shape index (κ1) is 22.6. The summed E-state index contributed by atoms with van der Waals surface area (Å²) in [5.74, 6) is 0.744. The summed E-state index contributed by atoms with van der Waals surface area (Å²) in [6.07, 6.45) is 4.55. The lowest BCUT2D eigenvalue weighted by Crippen LogP contribution is -2.38. The Balaban J connectivity index is 1.34. The highest BCUT2D eigenvalue weighted by Gasteiger charge is 2.17. The van der Waals surface area contributed by atoms with E-state index in [-0.39, 0.29) is 12.4 Å². The number of aromatic amines is 1. The van der Waals surface area contributed by atoms with Gasteiger partial charge in [-0.05, 0) is 69.6 Å². The minimum absolute atomic E-state index is 0.125. The average Bonchev–Trinajstić information content (AvgIpc) is 3.22. The molecule has 1 aliphatic rings. The number of benzene rings is 2. The van der Waals surface area contributed by atoms with Gasteiger partial charge in [-0.1, -0.05) is 6.42 Å². The van der Waals surface area contributed by atoms with Gasteiger partial charge in [0.15, 0.2) is 17.3 Å². The van der Waals surface area contributed by atoms with Crippen molar-refractivity contribution in [1.82, 2.24) is 20.1 Å². The van der Waals surface area contributed by atoms with Gasteiger partial charge in [-0.25, -0.2) is 4.39 Å². The lowest BCUT2D eigenvalue weighted by atomic mass is 10.1. The molecule has 4 aromatic rings. The number of aromatic nitrogens is 3. The van der Waals surface area contributed by atoms with Crippen molar-refractivity contribution in [3.05, 3.63) is 53.6 Å². The Morgan fingerprint density at radius 2 is 1.88 bits per heavy atom. The van der Waals surface area contributed by atoms with Crippen molar-refractivity contribution < 1.29 is 19.0 Å². The molecule has 8 heteroatoms. The third-order valence-electron chi connectivity index (χ3n) is 6.30. The highest BCUT2D eigenvalue weighted by Crippen LogP contribution is 2.35. The molecule has 5 rings (SSSR count). The van der Waals surface area contributed by atoms with E-state index in [1.807, 2.05) is 19.9 Å². The number of aliphatic hydroxyl groups excluding tert-OH is 1. The first-order valence-corrected chi connectivity index (χ1v) is 11.7. The van der Waals surface area contributed by atoms with E-state index in [0.29, 0.717) is 34.3 Å². The van der Waals surface area contributed by atoms with Crippen molar-refractivity contribution in [1.29, 1.82) is 0 Å². The quantitative estimate of drug-likeness (QED) is 0.405. The number of aryl methyl sites for hydroxylation is 2. The second kappa shape index (κ2) is 9.56. The molecule has 34 heavy (non-hydrogen) atoms. The number of β-amino-alcohol motifs (C(OH)–C–C–N with tert-alkyl or cyclic N) is 1. The molecule has 1 fully saturated rings. The third kappa shape index (κ3) is 4.69. The highest BCUT2D eigenvalue weighted by atomic mass is 19.1. The number of nitrogens with one attached hydrogen (secondary N) is 1. The van der Waals surface area contributed by atoms with Crippen LogP contribution in [0.25, 0.3) is 21.8 Å². The number of aliphatic hydroxyl groups is 1. The number of piperidine rings is 1. The zero-order chi connectivity index (χ0) is 23.7. The summed E-state index contributed by atoms with van der Waals surface area (Å²) < 4.78 is 26.9. The fraction of sp³-hybridized carbons (Fsp3) is 0.385. The summed E-state index contributed by atoms with van der Waals surface area (Å²) in [7, 11) is 0. The SMILES string of the molecule is Cc1cc2c(F)c(Oc3cnnc4cc(OC[C@H](O)CN5CCCCC5)c(C)cc34)ccc2[nH]1. The molecule has 0 spiro atoms. The molecule has 0 unspecified atom stereocenters. The minimum atomic E-state index is -0.566. The first-order valence-electron chi connectivity index (χ1n) is 11.7. The van der Waals surface area contributed by atoms with Gasteiger partial charge in [0.2, 0.25) is 0 Å². The molecule has 1 saturated heterocycles. The van der Waals surface area contributed by atoms with E-state index in [2.05, 4.69) is 20.1 Å². The first-order chi connectivity index (χ1) is 16.5. The summed E-state index contributed by atoms with van der Waals surface area (Å²) in [6.45, 7) is 6.68. The lowest BCUT2D eigenvalue weighted by Gasteiger charge is -2.28. The Kier molecular flexibility index (Phi) is 6.34. The van der Waals surface area contributed by atoms with Gasteiger partial charge in [0.05, 0.1) is 6.20 Å². The molecular formula is C26H29FN4O3. The molecule has 2 aromatic carbocycles. The summed E-state index contributed by atoms with van der Waals surface area (Å²) in [4.78, 5) is 5.41. The lowest BCUT2D eigenvalue weighted by molar-refractivity contribution is 0.0615. The van der Waals surface area contributed by atoms with Crippen LogP contribution in [0, 0.1) is 19.7 Å². The normalized spacial score (nSPS) is 15.6. The van der Waals surface area contributed by atoms with Crippen LogP contribution >= 0.6 is 0 Å². The van der Waals surface area contributed by atoms with E-state index < -0.39 is 11.9 Å². The molecule has 7 nitrogen and oxygen atoms in total. The van der Waals surface area contributed by atoms with Crippen LogP contribution in [0.15, 0.2) is 36.5 Å². The number of H-pyrrole nitrogens is 1. The molecule has 2 aromatic heterocycles. The fourth-order valence-electron chi connectivity index (χ4n) is 4.57. The van der Waals surface area contributed by atoms with Gasteiger partial charge in [-0.15, -0.1) is 0 Å². The van der Waals surface area contributed by atoms with Crippen LogP contribution in [0.1, 0.15) is 30.5 Å². The maximum absolute atomic E-state index is 15.0. The van der Waals surface area contributed by atoms with Crippen LogP contribution in [0.2, 0.25) is 0 Å². The topological polar surface area (TPSA) is 83.5 Å². The van der Waals surface area contributed by atoms with Crippen LogP contribution in [0.3, 0.4) is 0 Å². The molecule has 2 N–H and O–H groups in total. The Morgan fingerprint density at radius 1 is 1.06 bits per heavy atom. The average molecular weight is 465 g/mol. The van der Waals surface area contributed by atoms with Gasteiger partial charge in [0.1, 0.15) is 24.0 Å². The standard InChI is InChI=1S/C26H29FN4O3/c1-16-10-19-22(12-24(16)33-15-18(32)14-31-8-4-3-5-9-31)30-28-13-25(19)34-23-7-6-21-20(26(23)27)11-17(2)29-21/h6-7,10-13,18,29,32H,3-5,8-9,14-15H2,1-2H3/t18-/m1/s1. The van der Waals surface area contributed by atoms with Gasteiger partial charge in [-0.3, -0.25) is 0 Å². The summed E-state index contributed by atoms with van der Waals surface area (Å²) in [6, 6.07) is 8.83. The van der Waals surface area contributed by atoms with E-state index in [1.165, 1.54) is 25.5 Å². The number of ether oxygens (including phenoxy) is 2. The minimum Gasteiger partial charge on any atom is -0.490 e. The van der Waals surface area contributed by atoms with Crippen molar-refractivity contribution in [3.63, 3.8) is 0 Å². The Labute approximate surface area is 197 Å². The number of rotatable bonds is 7. The number of likely N-dealkylation sites (tertiary alicyclic amines) is 1. The zero-order valence-corrected chi connectivity index (χ0v) is 19.5. The van der Waals surface area contributed by atoms with Crippen LogP contribution in [0.5, 0.6) is 17.2 Å². The summed E-state index contributed by atoms with van der Waals surface area (Å²) >= 11 is 0. The molecule has 3 heterocycles.